The van der Waals surface area contributed by atoms with Crippen LogP contribution in [0.1, 0.15) is 12.0 Å². The van der Waals surface area contributed by atoms with E-state index >= 15 is 0 Å². The van der Waals surface area contributed by atoms with Gasteiger partial charge in [0.05, 0.1) is 6.04 Å². The van der Waals surface area contributed by atoms with Crippen LogP contribution in [-0.4, -0.2) is 18.5 Å². The number of hydrogen-bond acceptors (Lipinski definition) is 2. The predicted molar refractivity (Wildman–Crippen MR) is 56.1 cm³/mol. The van der Waals surface area contributed by atoms with Crippen molar-refractivity contribution in [2.24, 2.45) is 5.73 Å². The summed E-state index contributed by atoms with van der Waals surface area (Å²) < 4.78 is 12.9. The zero-order chi connectivity index (χ0) is 11.0. The van der Waals surface area contributed by atoms with Crippen molar-refractivity contribution >= 4 is 11.6 Å². The average molecular weight is 208 g/mol. The van der Waals surface area contributed by atoms with E-state index in [-0.39, 0.29) is 11.7 Å². The van der Waals surface area contributed by atoms with Gasteiger partial charge in [-0.3, -0.25) is 4.79 Å². The highest BCUT2D eigenvalue weighted by molar-refractivity contribution is 5.99. The Bertz CT molecular complexity index is 406. The van der Waals surface area contributed by atoms with Crippen molar-refractivity contribution in [3.63, 3.8) is 0 Å². The van der Waals surface area contributed by atoms with E-state index in [1.54, 1.807) is 17.9 Å². The lowest BCUT2D eigenvalue weighted by molar-refractivity contribution is -0.118. The third-order valence-corrected chi connectivity index (χ3v) is 2.70. The highest BCUT2D eigenvalue weighted by Gasteiger charge is 2.30. The van der Waals surface area contributed by atoms with Crippen molar-refractivity contribution in [1.82, 2.24) is 0 Å². The average Bonchev–Trinajstić information content (AvgIpc) is 2.49. The van der Waals surface area contributed by atoms with Crippen LogP contribution in [0.4, 0.5) is 10.1 Å². The van der Waals surface area contributed by atoms with Crippen molar-refractivity contribution < 1.29 is 9.18 Å². The van der Waals surface area contributed by atoms with E-state index in [0.29, 0.717) is 13.0 Å². The Kier molecular flexibility index (Phi) is 2.44. The number of carbonyl (C=O) groups is 1. The highest BCUT2D eigenvalue weighted by atomic mass is 19.1. The lowest BCUT2D eigenvalue weighted by Gasteiger charge is -2.18. The van der Waals surface area contributed by atoms with Crippen molar-refractivity contribution in [1.29, 1.82) is 0 Å². The van der Waals surface area contributed by atoms with Crippen LogP contribution in [0.3, 0.4) is 0 Å². The van der Waals surface area contributed by atoms with Gasteiger partial charge in [0.1, 0.15) is 5.82 Å². The third-order valence-electron chi connectivity index (χ3n) is 2.70. The maximum Gasteiger partial charge on any atom is 0.243 e. The molecule has 80 valence electrons. The van der Waals surface area contributed by atoms with Gasteiger partial charge in [-0.05, 0) is 37.1 Å². The number of hydrogen-bond donors (Lipinski definition) is 1. The molecule has 3 nitrogen and oxygen atoms in total. The second kappa shape index (κ2) is 3.62. The summed E-state index contributed by atoms with van der Waals surface area (Å²) in [7, 11) is 0. The van der Waals surface area contributed by atoms with Crippen LogP contribution in [0.25, 0.3) is 0 Å². The lowest BCUT2D eigenvalue weighted by Crippen LogP contribution is -2.34. The van der Waals surface area contributed by atoms with Crippen LogP contribution in [0.5, 0.6) is 0 Å². The fourth-order valence-electron chi connectivity index (χ4n) is 1.86. The minimum atomic E-state index is -0.408. The summed E-state index contributed by atoms with van der Waals surface area (Å²) in [6.45, 7) is 2.40. The summed E-state index contributed by atoms with van der Waals surface area (Å²) in [5, 5.41) is 0. The van der Waals surface area contributed by atoms with Gasteiger partial charge in [-0.1, -0.05) is 0 Å². The van der Waals surface area contributed by atoms with Crippen molar-refractivity contribution in [3.8, 4) is 0 Å². The summed E-state index contributed by atoms with van der Waals surface area (Å²) in [4.78, 5) is 13.3. The first kappa shape index (κ1) is 10.1. The van der Waals surface area contributed by atoms with Crippen LogP contribution in [0.15, 0.2) is 18.2 Å². The molecular weight excluding hydrogens is 195 g/mol. The van der Waals surface area contributed by atoms with Gasteiger partial charge in [0.15, 0.2) is 0 Å². The Balaban J connectivity index is 2.34. The van der Waals surface area contributed by atoms with E-state index < -0.39 is 6.04 Å². The molecular formula is C11H13FN2O. The molecule has 1 heterocycles. The standard InChI is InChI=1S/C11H13FN2O/c1-7-6-8(12)2-3-10(7)14-5-4-9(13)11(14)15/h2-3,6,9H,4-5,13H2,1H3. The van der Waals surface area contributed by atoms with Gasteiger partial charge in [-0.15, -0.1) is 0 Å². The number of nitrogens with two attached hydrogens (primary N) is 1. The van der Waals surface area contributed by atoms with Crippen LogP contribution in [-0.2, 0) is 4.79 Å². The number of nitrogens with zero attached hydrogens (tertiary/aromatic N) is 1. The van der Waals surface area contributed by atoms with Gasteiger partial charge in [-0.2, -0.15) is 0 Å². The molecule has 0 aromatic heterocycles. The summed E-state index contributed by atoms with van der Waals surface area (Å²) in [6.07, 6.45) is 0.662. The Hall–Kier alpha value is -1.42. The SMILES string of the molecule is Cc1cc(F)ccc1N1CCC(N)C1=O. The molecule has 1 amide bonds. The van der Waals surface area contributed by atoms with Crippen LogP contribution in [0, 0.1) is 12.7 Å². The number of anilines is 1. The molecule has 1 fully saturated rings. The summed E-state index contributed by atoms with van der Waals surface area (Å²) >= 11 is 0. The Morgan fingerprint density at radius 3 is 2.80 bits per heavy atom. The third kappa shape index (κ3) is 1.72. The smallest absolute Gasteiger partial charge is 0.243 e. The number of carbonyl (C=O) groups excluding carboxylic acids is 1. The van der Waals surface area contributed by atoms with E-state index in [4.69, 9.17) is 5.73 Å². The number of rotatable bonds is 1. The molecule has 1 unspecified atom stereocenters. The minimum absolute atomic E-state index is 0.0790. The van der Waals surface area contributed by atoms with Crippen molar-refractivity contribution in [2.45, 2.75) is 19.4 Å². The summed E-state index contributed by atoms with van der Waals surface area (Å²) in [5.41, 5.74) is 7.14. The molecule has 4 heteroatoms. The first-order valence-electron chi connectivity index (χ1n) is 4.92. The monoisotopic (exact) mass is 208 g/mol. The molecule has 1 atom stereocenters. The summed E-state index contributed by atoms with van der Waals surface area (Å²) in [6, 6.07) is 4.00. The Morgan fingerprint density at radius 1 is 1.53 bits per heavy atom. The lowest BCUT2D eigenvalue weighted by atomic mass is 10.2. The van der Waals surface area contributed by atoms with Gasteiger partial charge in [0, 0.05) is 12.2 Å². The van der Waals surface area contributed by atoms with Crippen molar-refractivity contribution in [2.75, 3.05) is 11.4 Å². The number of halogens is 1. The zero-order valence-corrected chi connectivity index (χ0v) is 8.53. The predicted octanol–water partition coefficient (Wildman–Crippen LogP) is 1.20. The number of benzene rings is 1. The molecule has 0 aliphatic carbocycles. The molecule has 1 saturated heterocycles. The molecule has 1 aliphatic rings. The second-order valence-corrected chi connectivity index (χ2v) is 3.82. The van der Waals surface area contributed by atoms with Crippen LogP contribution < -0.4 is 10.6 Å². The second-order valence-electron chi connectivity index (χ2n) is 3.82. The normalized spacial score (nSPS) is 21.1. The fourth-order valence-corrected chi connectivity index (χ4v) is 1.86. The molecule has 1 aromatic carbocycles. The minimum Gasteiger partial charge on any atom is -0.320 e. The zero-order valence-electron chi connectivity index (χ0n) is 8.53. The van der Waals surface area contributed by atoms with Crippen LogP contribution >= 0.6 is 0 Å². The Labute approximate surface area is 87.7 Å². The van der Waals surface area contributed by atoms with Gasteiger partial charge in [-0.25, -0.2) is 4.39 Å². The van der Waals surface area contributed by atoms with Gasteiger partial charge < -0.3 is 10.6 Å². The summed E-state index contributed by atoms with van der Waals surface area (Å²) in [5.74, 6) is -0.364. The maximum absolute atomic E-state index is 12.9. The molecule has 0 spiro atoms. The molecule has 15 heavy (non-hydrogen) atoms. The maximum atomic E-state index is 12.9. The Morgan fingerprint density at radius 2 is 2.27 bits per heavy atom. The topological polar surface area (TPSA) is 46.3 Å². The number of amides is 1. The molecule has 0 saturated carbocycles. The van der Waals surface area contributed by atoms with Gasteiger partial charge in [0.2, 0.25) is 5.91 Å². The first-order chi connectivity index (χ1) is 7.09. The van der Waals surface area contributed by atoms with E-state index in [1.165, 1.54) is 12.1 Å². The first-order valence-corrected chi connectivity index (χ1v) is 4.92. The molecule has 2 rings (SSSR count). The molecule has 2 N–H and O–H groups in total. The molecule has 0 radical (unpaired) electrons. The van der Waals surface area contributed by atoms with Crippen LogP contribution in [0.2, 0.25) is 0 Å². The largest absolute Gasteiger partial charge is 0.320 e. The van der Waals surface area contributed by atoms with E-state index in [0.717, 1.165) is 11.3 Å². The highest BCUT2D eigenvalue weighted by Crippen LogP contribution is 2.25. The van der Waals surface area contributed by atoms with E-state index in [1.807, 2.05) is 0 Å². The number of aryl methyl sites for hydroxylation is 1. The van der Waals surface area contributed by atoms with Gasteiger partial charge in [0.25, 0.3) is 0 Å². The van der Waals surface area contributed by atoms with Gasteiger partial charge >= 0.3 is 0 Å². The molecule has 0 bridgehead atoms. The molecule has 1 aromatic rings. The van der Waals surface area contributed by atoms with E-state index in [9.17, 15) is 9.18 Å². The quantitative estimate of drug-likeness (QED) is 0.753. The molecule has 1 aliphatic heterocycles. The fraction of sp³-hybridized carbons (Fsp3) is 0.364. The van der Waals surface area contributed by atoms with Crippen molar-refractivity contribution in [3.05, 3.63) is 29.6 Å². The van der Waals surface area contributed by atoms with E-state index in [2.05, 4.69) is 0 Å².